The number of nitrogens with one attached hydrogen (secondary N) is 1. The normalized spacial score (nSPS) is 13.1. The molecule has 0 radical (unpaired) electrons. The molecule has 2 aromatic rings. The number of nitrogens with zero attached hydrogens (tertiary/aromatic N) is 2. The lowest BCUT2D eigenvalue weighted by molar-refractivity contribution is -0.496. The molecule has 6 nitrogen and oxygen atoms in total. The molecule has 2 unspecified atom stereocenters. The van der Waals surface area contributed by atoms with Crippen molar-refractivity contribution in [2.75, 3.05) is 33.3 Å². The van der Waals surface area contributed by atoms with Crippen molar-refractivity contribution in [3.05, 3.63) is 94.6 Å². The van der Waals surface area contributed by atoms with Gasteiger partial charge in [-0.1, -0.05) is 108 Å². The average molecular weight is 594 g/mol. The molecule has 0 bridgehead atoms. The molecule has 240 valence electrons. The molecule has 0 aliphatic rings. The second-order valence-electron chi connectivity index (χ2n) is 10.3. The van der Waals surface area contributed by atoms with Gasteiger partial charge in [0.2, 0.25) is 6.04 Å². The number of benzene rings is 2. The average Bonchev–Trinajstić information content (AvgIpc) is 3.03. The van der Waals surface area contributed by atoms with Gasteiger partial charge < -0.3 is 15.3 Å². The van der Waals surface area contributed by atoms with Gasteiger partial charge in [0.1, 0.15) is 0 Å². The van der Waals surface area contributed by atoms with E-state index in [0.717, 1.165) is 45.3 Å². The third-order valence-corrected chi connectivity index (χ3v) is 6.75. The zero-order valence-electron chi connectivity index (χ0n) is 28.0. The number of allylic oxidation sites excluding steroid dienone is 3. The summed E-state index contributed by atoms with van der Waals surface area (Å²) in [6, 6.07) is 14.5. The Morgan fingerprint density at radius 2 is 1.70 bits per heavy atom. The molecule has 2 N–H and O–H groups in total. The second-order valence-corrected chi connectivity index (χ2v) is 10.3. The van der Waals surface area contributed by atoms with Gasteiger partial charge in [-0.2, -0.15) is 0 Å². The molecule has 0 heterocycles. The summed E-state index contributed by atoms with van der Waals surface area (Å²) in [5.41, 5.74) is 1.46. The minimum absolute atomic E-state index is 0.0949. The lowest BCUT2D eigenvalue weighted by atomic mass is 9.89. The Labute approximate surface area is 263 Å². The minimum atomic E-state index is -0.720. The summed E-state index contributed by atoms with van der Waals surface area (Å²) in [4.78, 5) is 12.7. The number of aliphatic hydroxyl groups excluding tert-OH is 1. The van der Waals surface area contributed by atoms with Crippen LogP contribution in [0.4, 0.5) is 0 Å². The van der Waals surface area contributed by atoms with Crippen molar-refractivity contribution in [1.82, 2.24) is 10.2 Å². The highest BCUT2D eigenvalue weighted by Gasteiger charge is 2.21. The third kappa shape index (κ3) is 20.3. The molecule has 2 atom stereocenters. The van der Waals surface area contributed by atoms with Crippen LogP contribution in [0.15, 0.2) is 78.9 Å². The molecule has 0 fully saturated rings. The van der Waals surface area contributed by atoms with Crippen LogP contribution < -0.4 is 5.32 Å². The van der Waals surface area contributed by atoms with Gasteiger partial charge in [0.25, 0.3) is 0 Å². The number of rotatable bonds is 17. The fraction of sp³-hybridized carbons (Fsp3) is 0.514. The summed E-state index contributed by atoms with van der Waals surface area (Å²) < 4.78 is 0. The van der Waals surface area contributed by atoms with Crippen LogP contribution in [0.1, 0.15) is 79.2 Å². The predicted octanol–water partition coefficient (Wildman–Crippen LogP) is 8.24. The van der Waals surface area contributed by atoms with Crippen LogP contribution >= 0.6 is 0 Å². The zero-order chi connectivity index (χ0) is 32.9. The fourth-order valence-corrected chi connectivity index (χ4v) is 4.08. The first kappa shape index (κ1) is 41.9. The van der Waals surface area contributed by atoms with E-state index in [4.69, 9.17) is 5.11 Å². The van der Waals surface area contributed by atoms with Crippen molar-refractivity contribution in [1.29, 1.82) is 0 Å². The van der Waals surface area contributed by atoms with E-state index >= 15 is 0 Å². The number of likely N-dealkylation sites (N-methyl/N-ethyl adjacent to an activating group) is 1. The lowest BCUT2D eigenvalue weighted by Crippen LogP contribution is -2.44. The van der Waals surface area contributed by atoms with Crippen LogP contribution in [-0.4, -0.2) is 59.8 Å². The molecule has 0 aromatic heterocycles. The molecule has 0 saturated carbocycles. The maximum Gasteiger partial charge on any atom is 0.249 e. The molecule has 0 spiro atoms. The number of hydrogen-bond donors (Lipinski definition) is 2. The zero-order valence-corrected chi connectivity index (χ0v) is 28.0. The van der Waals surface area contributed by atoms with E-state index in [0.29, 0.717) is 0 Å². The molecule has 6 heteroatoms. The molecule has 43 heavy (non-hydrogen) atoms. The van der Waals surface area contributed by atoms with Crippen molar-refractivity contribution in [2.24, 2.45) is 0 Å². The number of nitro groups is 1. The molecular formula is C37H59N3O3. The van der Waals surface area contributed by atoms with Gasteiger partial charge in [0.05, 0.1) is 0 Å². The Kier molecular flexibility index (Phi) is 26.9. The Morgan fingerprint density at radius 3 is 2.28 bits per heavy atom. The van der Waals surface area contributed by atoms with Crippen molar-refractivity contribution >= 4 is 10.8 Å². The van der Waals surface area contributed by atoms with Crippen LogP contribution in [0, 0.1) is 23.0 Å². The molecule has 0 saturated heterocycles. The van der Waals surface area contributed by atoms with Crippen LogP contribution in [0.2, 0.25) is 0 Å². The summed E-state index contributed by atoms with van der Waals surface area (Å²) in [6.45, 7) is 15.7. The standard InChI is InChI=1S/C18H25NO.C15H26N2O2.C2H6.C2H2/c1-3-18(2,19-11-6-12-20)14-15-9-10-16-7-4-5-8-17(16)13-15;1-4-6-11-15(17(18)19)12-9-8-10-14-16(3)13-7-5-2;2*1-2/h4-5,7-10,13,19-20H,3,6,11-12,14H2,1-2H3;6,8-12,15H,4-5,7,13-14H2,1-3H3;1-2H3;1-2H/b;10-8+,11-6-,12-9?;;. The summed E-state index contributed by atoms with van der Waals surface area (Å²) in [5, 5.41) is 25.9. The molecule has 2 aromatic carbocycles. The number of terminal acetylenes is 1. The molecule has 0 amide bonds. The molecular weight excluding hydrogens is 534 g/mol. The van der Waals surface area contributed by atoms with Gasteiger partial charge >= 0.3 is 0 Å². The van der Waals surface area contributed by atoms with E-state index in [9.17, 15) is 10.1 Å². The molecule has 2 rings (SSSR count). The smallest absolute Gasteiger partial charge is 0.249 e. The third-order valence-electron chi connectivity index (χ3n) is 6.75. The fourth-order valence-electron chi connectivity index (χ4n) is 4.08. The van der Waals surface area contributed by atoms with Gasteiger partial charge in [0, 0.05) is 23.6 Å². The van der Waals surface area contributed by atoms with Gasteiger partial charge in [-0.3, -0.25) is 10.1 Å². The molecule has 0 aliphatic heterocycles. The Balaban J connectivity index is 0. The number of hydrogen-bond acceptors (Lipinski definition) is 5. The van der Waals surface area contributed by atoms with Gasteiger partial charge in [-0.05, 0) is 87.7 Å². The summed E-state index contributed by atoms with van der Waals surface area (Å²) in [6.07, 6.45) is 24.8. The van der Waals surface area contributed by atoms with Crippen molar-refractivity contribution in [3.8, 4) is 12.8 Å². The second kappa shape index (κ2) is 27.6. The van der Waals surface area contributed by atoms with E-state index < -0.39 is 6.04 Å². The Morgan fingerprint density at radius 1 is 1.02 bits per heavy atom. The van der Waals surface area contributed by atoms with E-state index in [-0.39, 0.29) is 17.1 Å². The van der Waals surface area contributed by atoms with E-state index in [1.54, 1.807) is 18.2 Å². The maximum atomic E-state index is 10.8. The van der Waals surface area contributed by atoms with Crippen LogP contribution in [0.25, 0.3) is 10.8 Å². The monoisotopic (exact) mass is 593 g/mol. The summed E-state index contributed by atoms with van der Waals surface area (Å²) in [5.74, 6) is 0. The predicted molar refractivity (Wildman–Crippen MR) is 188 cm³/mol. The van der Waals surface area contributed by atoms with E-state index in [1.165, 1.54) is 29.2 Å². The summed E-state index contributed by atoms with van der Waals surface area (Å²) in [7, 11) is 2.08. The first-order valence-electron chi connectivity index (χ1n) is 15.8. The first-order valence-corrected chi connectivity index (χ1v) is 15.8. The SMILES string of the molecule is C#C.CC.CC/C=C\C(C=C/C=C/CN(C)CCCC)[N+](=O)[O-].CCC(C)(Cc1ccc2ccccc2c1)NCCCO. The largest absolute Gasteiger partial charge is 0.396 e. The molecule has 0 aliphatic carbocycles. The van der Waals surface area contributed by atoms with Gasteiger partial charge in [-0.15, -0.1) is 12.8 Å². The van der Waals surface area contributed by atoms with Crippen molar-refractivity contribution in [2.45, 2.75) is 91.6 Å². The number of fused-ring (bicyclic) bond motifs is 1. The summed E-state index contributed by atoms with van der Waals surface area (Å²) >= 11 is 0. The van der Waals surface area contributed by atoms with Crippen LogP contribution in [-0.2, 0) is 6.42 Å². The first-order chi connectivity index (χ1) is 20.8. The quantitative estimate of drug-likeness (QED) is 0.0482. The Hall–Kier alpha value is -3.24. The van der Waals surface area contributed by atoms with Crippen molar-refractivity contribution in [3.63, 3.8) is 0 Å². The van der Waals surface area contributed by atoms with E-state index in [2.05, 4.69) is 93.3 Å². The lowest BCUT2D eigenvalue weighted by Gasteiger charge is -2.30. The van der Waals surface area contributed by atoms with Crippen molar-refractivity contribution < 1.29 is 10.0 Å². The maximum absolute atomic E-state index is 10.8. The highest BCUT2D eigenvalue weighted by atomic mass is 16.6. The topological polar surface area (TPSA) is 78.6 Å². The van der Waals surface area contributed by atoms with Crippen LogP contribution in [0.3, 0.4) is 0 Å². The van der Waals surface area contributed by atoms with Gasteiger partial charge in [0.15, 0.2) is 0 Å². The highest BCUT2D eigenvalue weighted by Crippen LogP contribution is 2.21. The minimum Gasteiger partial charge on any atom is -0.396 e. The van der Waals surface area contributed by atoms with Crippen LogP contribution in [0.5, 0.6) is 0 Å². The Bertz CT molecular complexity index is 1080. The highest BCUT2D eigenvalue weighted by molar-refractivity contribution is 5.83. The van der Waals surface area contributed by atoms with E-state index in [1.807, 2.05) is 39.0 Å². The van der Waals surface area contributed by atoms with Gasteiger partial charge in [-0.25, -0.2) is 0 Å². The number of aliphatic hydroxyl groups is 1. The number of unbranched alkanes of at least 4 members (excludes halogenated alkanes) is 1.